The summed E-state index contributed by atoms with van der Waals surface area (Å²) in [5.74, 6) is 1.33. The summed E-state index contributed by atoms with van der Waals surface area (Å²) < 4.78 is 12.4. The maximum Gasteiger partial charge on any atom is 0.161 e. The van der Waals surface area contributed by atoms with Gasteiger partial charge in [-0.1, -0.05) is 6.07 Å². The largest absolute Gasteiger partial charge is 0.493 e. The van der Waals surface area contributed by atoms with E-state index in [1.165, 1.54) is 0 Å². The van der Waals surface area contributed by atoms with Gasteiger partial charge >= 0.3 is 0 Å². The Morgan fingerprint density at radius 1 is 1.23 bits per heavy atom. The number of aromatic nitrogens is 2. The van der Waals surface area contributed by atoms with Gasteiger partial charge in [0.25, 0.3) is 0 Å². The van der Waals surface area contributed by atoms with Crippen LogP contribution in [0.2, 0.25) is 0 Å². The first kappa shape index (κ1) is 16.3. The van der Waals surface area contributed by atoms with E-state index in [1.807, 2.05) is 35.9 Å². The van der Waals surface area contributed by atoms with Crippen LogP contribution in [-0.4, -0.2) is 42.3 Å². The van der Waals surface area contributed by atoms with Crippen molar-refractivity contribution in [3.63, 3.8) is 0 Å². The van der Waals surface area contributed by atoms with Gasteiger partial charge in [-0.15, -0.1) is 0 Å². The van der Waals surface area contributed by atoms with Crippen LogP contribution in [0.5, 0.6) is 11.5 Å². The molecule has 6 heteroatoms. The van der Waals surface area contributed by atoms with Crippen molar-refractivity contribution in [1.82, 2.24) is 9.78 Å². The summed E-state index contributed by atoms with van der Waals surface area (Å²) in [5.41, 5.74) is 8.92. The van der Waals surface area contributed by atoms with E-state index >= 15 is 0 Å². The van der Waals surface area contributed by atoms with Crippen LogP contribution in [0.25, 0.3) is 0 Å². The zero-order valence-electron chi connectivity index (χ0n) is 13.2. The third kappa shape index (κ3) is 3.23. The van der Waals surface area contributed by atoms with Crippen molar-refractivity contribution < 1.29 is 14.6 Å². The Kier molecular flexibility index (Phi) is 5.41. The highest BCUT2D eigenvalue weighted by molar-refractivity contribution is 5.45. The molecule has 6 nitrogen and oxygen atoms in total. The van der Waals surface area contributed by atoms with Crippen molar-refractivity contribution in [1.29, 1.82) is 0 Å². The van der Waals surface area contributed by atoms with Gasteiger partial charge < -0.3 is 20.3 Å². The number of ether oxygens (including phenoxy) is 2. The highest BCUT2D eigenvalue weighted by Crippen LogP contribution is 2.33. The fraction of sp³-hybridized carbons (Fsp3) is 0.438. The van der Waals surface area contributed by atoms with Crippen molar-refractivity contribution in [3.8, 4) is 11.5 Å². The lowest BCUT2D eigenvalue weighted by Gasteiger charge is -2.18. The molecule has 0 saturated heterocycles. The zero-order valence-corrected chi connectivity index (χ0v) is 13.2. The van der Waals surface area contributed by atoms with E-state index in [4.69, 9.17) is 15.2 Å². The lowest BCUT2D eigenvalue weighted by molar-refractivity contribution is 0.266. The van der Waals surface area contributed by atoms with Crippen molar-refractivity contribution in [2.75, 3.05) is 27.4 Å². The normalized spacial score (nSPS) is 12.2. The zero-order chi connectivity index (χ0) is 16.1. The van der Waals surface area contributed by atoms with Crippen LogP contribution in [0.3, 0.4) is 0 Å². The van der Waals surface area contributed by atoms with Crippen molar-refractivity contribution in [3.05, 3.63) is 41.2 Å². The van der Waals surface area contributed by atoms with Gasteiger partial charge in [0.1, 0.15) is 0 Å². The Morgan fingerprint density at radius 3 is 2.55 bits per heavy atom. The summed E-state index contributed by atoms with van der Waals surface area (Å²) in [6.45, 7) is 2.86. The first-order valence-corrected chi connectivity index (χ1v) is 7.21. The summed E-state index contributed by atoms with van der Waals surface area (Å²) in [6.07, 6.45) is 0. The van der Waals surface area contributed by atoms with E-state index in [9.17, 15) is 5.11 Å². The number of nitrogens with zero attached hydrogens (tertiary/aromatic N) is 2. The average molecular weight is 305 g/mol. The minimum absolute atomic E-state index is 0.0208. The molecule has 2 aromatic rings. The molecule has 0 aliphatic rings. The van der Waals surface area contributed by atoms with E-state index in [1.54, 1.807) is 14.2 Å². The number of methoxy groups -OCH3 is 2. The molecule has 0 spiro atoms. The molecule has 120 valence electrons. The quantitative estimate of drug-likeness (QED) is 0.805. The predicted molar refractivity (Wildman–Crippen MR) is 84.5 cm³/mol. The van der Waals surface area contributed by atoms with Crippen LogP contribution in [0.1, 0.15) is 22.9 Å². The minimum Gasteiger partial charge on any atom is -0.493 e. The topological polar surface area (TPSA) is 82.5 Å². The Balaban J connectivity index is 2.44. The summed E-state index contributed by atoms with van der Waals surface area (Å²) in [7, 11) is 3.22. The average Bonchev–Trinajstić information content (AvgIpc) is 2.88. The maximum absolute atomic E-state index is 9.20. The molecule has 2 rings (SSSR count). The van der Waals surface area contributed by atoms with Gasteiger partial charge in [0, 0.05) is 18.2 Å². The molecule has 3 N–H and O–H groups in total. The van der Waals surface area contributed by atoms with Crippen molar-refractivity contribution in [2.45, 2.75) is 19.4 Å². The van der Waals surface area contributed by atoms with Gasteiger partial charge in [0.2, 0.25) is 0 Å². The molecule has 0 aliphatic heterocycles. The third-order valence-corrected chi connectivity index (χ3v) is 3.65. The Bertz CT molecular complexity index is 625. The Morgan fingerprint density at radius 2 is 1.95 bits per heavy atom. The lowest BCUT2D eigenvalue weighted by Crippen LogP contribution is -2.19. The molecule has 0 saturated carbocycles. The highest BCUT2D eigenvalue weighted by atomic mass is 16.5. The molecule has 0 amide bonds. The molecule has 1 heterocycles. The third-order valence-electron chi connectivity index (χ3n) is 3.65. The molecule has 1 aromatic carbocycles. The molecule has 0 fully saturated rings. The Labute approximate surface area is 130 Å². The molecule has 1 aromatic heterocycles. The predicted octanol–water partition coefficient (Wildman–Crippen LogP) is 1.29. The van der Waals surface area contributed by atoms with Crippen LogP contribution in [0, 0.1) is 6.92 Å². The number of benzene rings is 1. The molecule has 1 unspecified atom stereocenters. The fourth-order valence-corrected chi connectivity index (χ4v) is 2.62. The second kappa shape index (κ2) is 7.29. The second-order valence-corrected chi connectivity index (χ2v) is 5.06. The summed E-state index contributed by atoms with van der Waals surface area (Å²) in [5, 5.41) is 13.6. The summed E-state index contributed by atoms with van der Waals surface area (Å²) in [6, 6.07) is 7.78. The smallest absolute Gasteiger partial charge is 0.161 e. The van der Waals surface area contributed by atoms with Crippen molar-refractivity contribution in [2.24, 2.45) is 5.73 Å². The first-order chi connectivity index (χ1) is 10.6. The van der Waals surface area contributed by atoms with Gasteiger partial charge in [0.15, 0.2) is 11.5 Å². The van der Waals surface area contributed by atoms with Crippen LogP contribution in [-0.2, 0) is 6.54 Å². The molecular formula is C16H23N3O3. The number of hydrogen-bond acceptors (Lipinski definition) is 5. The van der Waals surface area contributed by atoms with Crippen LogP contribution in [0.4, 0.5) is 0 Å². The summed E-state index contributed by atoms with van der Waals surface area (Å²) >= 11 is 0. The fourth-order valence-electron chi connectivity index (χ4n) is 2.62. The monoisotopic (exact) mass is 305 g/mol. The number of aryl methyl sites for hydroxylation is 1. The molecule has 22 heavy (non-hydrogen) atoms. The van der Waals surface area contributed by atoms with E-state index in [2.05, 4.69) is 5.10 Å². The van der Waals surface area contributed by atoms with Gasteiger partial charge in [0.05, 0.1) is 33.1 Å². The molecule has 0 radical (unpaired) electrons. The SMILES string of the molecule is COc1ccc(C(CN)c2cc(C)nn2CCO)cc1OC. The number of nitrogens with two attached hydrogens (primary N) is 1. The first-order valence-electron chi connectivity index (χ1n) is 7.21. The molecular weight excluding hydrogens is 282 g/mol. The molecule has 1 atom stereocenters. The van der Waals surface area contributed by atoms with E-state index in [-0.39, 0.29) is 12.5 Å². The van der Waals surface area contributed by atoms with E-state index < -0.39 is 0 Å². The van der Waals surface area contributed by atoms with Crippen molar-refractivity contribution >= 4 is 0 Å². The Hall–Kier alpha value is -2.05. The highest BCUT2D eigenvalue weighted by Gasteiger charge is 2.20. The second-order valence-electron chi connectivity index (χ2n) is 5.06. The van der Waals surface area contributed by atoms with Gasteiger partial charge in [-0.3, -0.25) is 4.68 Å². The van der Waals surface area contributed by atoms with Crippen LogP contribution in [0.15, 0.2) is 24.3 Å². The minimum atomic E-state index is -0.0208. The standard InChI is InChI=1S/C16H23N3O3/c1-11-8-14(19(18-11)6-7-20)13(10-17)12-4-5-15(21-2)16(9-12)22-3/h4-5,8-9,13,20H,6-7,10,17H2,1-3H3. The number of hydrogen-bond donors (Lipinski definition) is 2. The number of aliphatic hydroxyl groups excluding tert-OH is 1. The molecule has 0 aliphatic carbocycles. The number of rotatable bonds is 7. The summed E-state index contributed by atoms with van der Waals surface area (Å²) in [4.78, 5) is 0. The van der Waals surface area contributed by atoms with Gasteiger partial charge in [-0.25, -0.2) is 0 Å². The lowest BCUT2D eigenvalue weighted by atomic mass is 9.95. The molecule has 0 bridgehead atoms. The van der Waals surface area contributed by atoms with Gasteiger partial charge in [-0.05, 0) is 30.7 Å². The van der Waals surface area contributed by atoms with E-state index in [0.29, 0.717) is 24.6 Å². The van der Waals surface area contributed by atoms with Gasteiger partial charge in [-0.2, -0.15) is 5.10 Å². The van der Waals surface area contributed by atoms with E-state index in [0.717, 1.165) is 17.0 Å². The number of aliphatic hydroxyl groups is 1. The maximum atomic E-state index is 9.20. The van der Waals surface area contributed by atoms with Crippen LogP contribution < -0.4 is 15.2 Å². The van der Waals surface area contributed by atoms with Crippen LogP contribution >= 0.6 is 0 Å².